The number of aryl methyl sites for hydroxylation is 1. The molecule has 18 heavy (non-hydrogen) atoms. The minimum absolute atomic E-state index is 0.0998. The lowest BCUT2D eigenvalue weighted by atomic mass is 10.1. The van der Waals surface area contributed by atoms with Crippen LogP contribution in [0.25, 0.3) is 0 Å². The Balaban J connectivity index is 2.97. The summed E-state index contributed by atoms with van der Waals surface area (Å²) in [4.78, 5) is 11.7. The Labute approximate surface area is 111 Å². The molecule has 0 aliphatic heterocycles. The zero-order chi connectivity index (χ0) is 13.8. The predicted molar refractivity (Wildman–Crippen MR) is 69.4 cm³/mol. The monoisotopic (exact) mass is 290 g/mol. The Morgan fingerprint density at radius 2 is 2.06 bits per heavy atom. The molecule has 0 fully saturated rings. The maximum absolute atomic E-state index is 11.8. The van der Waals surface area contributed by atoms with E-state index >= 15 is 0 Å². The van der Waals surface area contributed by atoms with E-state index < -0.39 is 15.0 Å². The van der Waals surface area contributed by atoms with Crippen LogP contribution in [-0.4, -0.2) is 21.0 Å². The molecule has 0 atom stereocenters. The lowest BCUT2D eigenvalue weighted by Gasteiger charge is -2.07. The number of hydrogen-bond acceptors (Lipinski definition) is 4. The number of carbonyl (C=O) groups excluding carboxylic acids is 1. The lowest BCUT2D eigenvalue weighted by Crippen LogP contribution is -2.09. The third-order valence-corrected chi connectivity index (χ3v) is 3.79. The number of benzene rings is 1. The topological polar surface area (TPSA) is 60.4 Å². The zero-order valence-electron chi connectivity index (χ0n) is 10.3. The number of ether oxygens (including phenoxy) is 1. The van der Waals surface area contributed by atoms with Crippen molar-refractivity contribution in [2.75, 3.05) is 6.61 Å². The molecule has 0 radical (unpaired) electrons. The van der Waals surface area contributed by atoms with Crippen LogP contribution in [0, 0.1) is 6.92 Å². The number of unbranched alkanes of at least 4 members (excludes halogenated alkanes) is 1. The molecule has 0 saturated carbocycles. The highest BCUT2D eigenvalue weighted by Crippen LogP contribution is 2.19. The van der Waals surface area contributed by atoms with Gasteiger partial charge >= 0.3 is 5.97 Å². The van der Waals surface area contributed by atoms with E-state index in [1.807, 2.05) is 6.92 Å². The van der Waals surface area contributed by atoms with E-state index in [-0.39, 0.29) is 10.5 Å². The molecule has 0 aromatic heterocycles. The SMILES string of the molecule is CCCCOC(=O)c1cc(S(=O)(=O)Cl)ccc1C. The number of rotatable bonds is 5. The van der Waals surface area contributed by atoms with Crippen LogP contribution in [-0.2, 0) is 13.8 Å². The number of hydrogen-bond donors (Lipinski definition) is 0. The van der Waals surface area contributed by atoms with Crippen LogP contribution in [0.15, 0.2) is 23.1 Å². The summed E-state index contributed by atoms with van der Waals surface area (Å²) < 4.78 is 27.4. The smallest absolute Gasteiger partial charge is 0.338 e. The molecule has 0 spiro atoms. The van der Waals surface area contributed by atoms with Gasteiger partial charge in [-0.05, 0) is 31.0 Å². The highest BCUT2D eigenvalue weighted by atomic mass is 35.7. The number of halogens is 1. The first-order chi connectivity index (χ1) is 8.36. The van der Waals surface area contributed by atoms with Gasteiger partial charge in [0.25, 0.3) is 9.05 Å². The van der Waals surface area contributed by atoms with Crippen LogP contribution in [0.2, 0.25) is 0 Å². The van der Waals surface area contributed by atoms with Crippen LogP contribution in [0.4, 0.5) is 0 Å². The van der Waals surface area contributed by atoms with Crippen LogP contribution >= 0.6 is 10.7 Å². The minimum atomic E-state index is -3.84. The summed E-state index contributed by atoms with van der Waals surface area (Å²) in [5.41, 5.74) is 0.883. The lowest BCUT2D eigenvalue weighted by molar-refractivity contribution is 0.0498. The second-order valence-electron chi connectivity index (χ2n) is 3.90. The quantitative estimate of drug-likeness (QED) is 0.475. The molecule has 0 aliphatic rings. The zero-order valence-corrected chi connectivity index (χ0v) is 11.8. The van der Waals surface area contributed by atoms with E-state index in [1.54, 1.807) is 6.92 Å². The predicted octanol–water partition coefficient (Wildman–Crippen LogP) is 2.88. The maximum atomic E-state index is 11.8. The molecule has 0 aliphatic carbocycles. The molecule has 1 rings (SSSR count). The first kappa shape index (κ1) is 15.0. The fraction of sp³-hybridized carbons (Fsp3) is 0.417. The molecule has 4 nitrogen and oxygen atoms in total. The van der Waals surface area contributed by atoms with Crippen molar-refractivity contribution in [2.24, 2.45) is 0 Å². The molecule has 6 heteroatoms. The van der Waals surface area contributed by atoms with E-state index in [4.69, 9.17) is 15.4 Å². The van der Waals surface area contributed by atoms with Gasteiger partial charge in [0, 0.05) is 10.7 Å². The van der Waals surface area contributed by atoms with Gasteiger partial charge in [0.2, 0.25) is 0 Å². The van der Waals surface area contributed by atoms with Crippen LogP contribution < -0.4 is 0 Å². The summed E-state index contributed by atoms with van der Waals surface area (Å²) in [5.74, 6) is -0.525. The van der Waals surface area contributed by atoms with Crippen LogP contribution in [0.3, 0.4) is 0 Å². The Kier molecular flexibility index (Phi) is 5.16. The Morgan fingerprint density at radius 3 is 2.61 bits per heavy atom. The van der Waals surface area contributed by atoms with Gasteiger partial charge in [-0.3, -0.25) is 0 Å². The van der Waals surface area contributed by atoms with Gasteiger partial charge in [0.05, 0.1) is 17.1 Å². The van der Waals surface area contributed by atoms with Gasteiger partial charge in [-0.25, -0.2) is 13.2 Å². The van der Waals surface area contributed by atoms with Crippen LogP contribution in [0.5, 0.6) is 0 Å². The highest BCUT2D eigenvalue weighted by molar-refractivity contribution is 8.13. The van der Waals surface area contributed by atoms with Crippen molar-refractivity contribution in [3.63, 3.8) is 0 Å². The molecule has 0 heterocycles. The average molecular weight is 291 g/mol. The summed E-state index contributed by atoms with van der Waals surface area (Å²) in [6.45, 7) is 4.02. The van der Waals surface area contributed by atoms with Crippen molar-refractivity contribution >= 4 is 25.7 Å². The van der Waals surface area contributed by atoms with Gasteiger partial charge in [-0.2, -0.15) is 0 Å². The van der Waals surface area contributed by atoms with E-state index in [0.29, 0.717) is 12.2 Å². The van der Waals surface area contributed by atoms with E-state index in [1.165, 1.54) is 18.2 Å². The van der Waals surface area contributed by atoms with Crippen molar-refractivity contribution in [2.45, 2.75) is 31.6 Å². The first-order valence-electron chi connectivity index (χ1n) is 5.58. The second kappa shape index (κ2) is 6.20. The second-order valence-corrected chi connectivity index (χ2v) is 6.47. The van der Waals surface area contributed by atoms with E-state index in [2.05, 4.69) is 0 Å². The molecule has 0 saturated heterocycles. The van der Waals surface area contributed by atoms with Gasteiger partial charge in [-0.15, -0.1) is 0 Å². The Hall–Kier alpha value is -1.07. The molecule has 1 aromatic carbocycles. The fourth-order valence-electron chi connectivity index (χ4n) is 1.36. The molecule has 0 unspecified atom stereocenters. The van der Waals surface area contributed by atoms with E-state index in [0.717, 1.165) is 12.8 Å². The van der Waals surface area contributed by atoms with Gasteiger partial charge in [0.1, 0.15) is 0 Å². The fourth-order valence-corrected chi connectivity index (χ4v) is 2.14. The third-order valence-electron chi connectivity index (χ3n) is 2.44. The van der Waals surface area contributed by atoms with Crippen molar-refractivity contribution in [1.29, 1.82) is 0 Å². The van der Waals surface area contributed by atoms with E-state index in [9.17, 15) is 13.2 Å². The summed E-state index contributed by atoms with van der Waals surface area (Å²) >= 11 is 0. The number of carbonyl (C=O) groups is 1. The minimum Gasteiger partial charge on any atom is -0.462 e. The molecular formula is C12H15ClO4S. The summed E-state index contributed by atoms with van der Waals surface area (Å²) in [7, 11) is 1.40. The first-order valence-corrected chi connectivity index (χ1v) is 7.89. The van der Waals surface area contributed by atoms with Crippen molar-refractivity contribution < 1.29 is 17.9 Å². The number of esters is 1. The van der Waals surface area contributed by atoms with Crippen molar-refractivity contribution in [3.05, 3.63) is 29.3 Å². The Bertz CT molecular complexity index is 537. The average Bonchev–Trinajstić information content (AvgIpc) is 2.28. The van der Waals surface area contributed by atoms with Gasteiger partial charge < -0.3 is 4.74 Å². The Morgan fingerprint density at radius 1 is 1.39 bits per heavy atom. The normalized spacial score (nSPS) is 11.3. The largest absolute Gasteiger partial charge is 0.462 e. The third kappa shape index (κ3) is 3.99. The molecule has 0 bridgehead atoms. The molecular weight excluding hydrogens is 276 g/mol. The molecule has 1 aromatic rings. The van der Waals surface area contributed by atoms with Crippen molar-refractivity contribution in [3.8, 4) is 0 Å². The van der Waals surface area contributed by atoms with Gasteiger partial charge in [0.15, 0.2) is 0 Å². The standard InChI is InChI=1S/C12H15ClO4S/c1-3-4-7-17-12(14)11-8-10(18(13,15)16)6-5-9(11)2/h5-6,8H,3-4,7H2,1-2H3. The van der Waals surface area contributed by atoms with Crippen LogP contribution in [0.1, 0.15) is 35.7 Å². The maximum Gasteiger partial charge on any atom is 0.338 e. The molecule has 100 valence electrons. The molecule has 0 amide bonds. The summed E-state index contributed by atoms with van der Waals surface area (Å²) in [6, 6.07) is 4.14. The summed E-state index contributed by atoms with van der Waals surface area (Å²) in [5, 5.41) is 0. The molecule has 0 N–H and O–H groups in total. The van der Waals surface area contributed by atoms with Crippen molar-refractivity contribution in [1.82, 2.24) is 0 Å². The highest BCUT2D eigenvalue weighted by Gasteiger charge is 2.16. The summed E-state index contributed by atoms with van der Waals surface area (Å²) in [6.07, 6.45) is 1.70. The van der Waals surface area contributed by atoms with Gasteiger partial charge in [-0.1, -0.05) is 19.4 Å².